The minimum atomic E-state index is 0.327. The molecule has 0 amide bonds. The molecule has 16 heavy (non-hydrogen) atoms. The average molecular weight is 343 g/mol. The molecule has 1 aromatic heterocycles. The Morgan fingerprint density at radius 2 is 1.94 bits per heavy atom. The van der Waals surface area contributed by atoms with Crippen molar-refractivity contribution in [3.05, 3.63) is 55.8 Å². The zero-order chi connectivity index (χ0) is 11.4. The van der Waals surface area contributed by atoms with Gasteiger partial charge in [-0.2, -0.15) is 11.3 Å². The fourth-order valence-electron chi connectivity index (χ4n) is 1.73. The fraction of sp³-hybridized carbons (Fsp3) is 0.231. The molecular weight excluding hydrogens is 329 g/mol. The van der Waals surface area contributed by atoms with E-state index in [4.69, 9.17) is 0 Å². The minimum Gasteiger partial charge on any atom is -0.307 e. The summed E-state index contributed by atoms with van der Waals surface area (Å²) in [4.78, 5) is 0. The molecule has 0 aliphatic rings. The average Bonchev–Trinajstić information content (AvgIpc) is 2.81. The van der Waals surface area contributed by atoms with Crippen molar-refractivity contribution in [3.8, 4) is 0 Å². The number of hydrogen-bond acceptors (Lipinski definition) is 2. The van der Waals surface area contributed by atoms with Crippen LogP contribution in [0.4, 0.5) is 0 Å². The SMILES string of the molecule is CCNC(c1ccc(I)cc1)c1ccsc1. The molecule has 0 aliphatic heterocycles. The van der Waals surface area contributed by atoms with Crippen molar-refractivity contribution in [1.29, 1.82) is 0 Å². The maximum absolute atomic E-state index is 3.52. The van der Waals surface area contributed by atoms with E-state index in [2.05, 4.69) is 75.9 Å². The molecule has 1 aromatic carbocycles. The Bertz CT molecular complexity index is 422. The van der Waals surface area contributed by atoms with Crippen LogP contribution in [-0.2, 0) is 0 Å². The maximum Gasteiger partial charge on any atom is 0.0584 e. The Hall–Kier alpha value is -0.390. The highest BCUT2D eigenvalue weighted by Gasteiger charge is 2.12. The zero-order valence-electron chi connectivity index (χ0n) is 9.11. The van der Waals surface area contributed by atoms with E-state index < -0.39 is 0 Å². The first-order valence-electron chi connectivity index (χ1n) is 5.32. The van der Waals surface area contributed by atoms with Gasteiger partial charge in [0.1, 0.15) is 0 Å². The molecule has 1 unspecified atom stereocenters. The van der Waals surface area contributed by atoms with Crippen LogP contribution >= 0.6 is 33.9 Å². The third-order valence-electron chi connectivity index (χ3n) is 2.49. The molecule has 2 rings (SSSR count). The largest absolute Gasteiger partial charge is 0.307 e. The van der Waals surface area contributed by atoms with Crippen LogP contribution in [0.3, 0.4) is 0 Å². The van der Waals surface area contributed by atoms with Gasteiger partial charge in [0.2, 0.25) is 0 Å². The van der Waals surface area contributed by atoms with Gasteiger partial charge in [-0.25, -0.2) is 0 Å². The van der Waals surface area contributed by atoms with Gasteiger partial charge in [0.15, 0.2) is 0 Å². The second kappa shape index (κ2) is 5.80. The lowest BCUT2D eigenvalue weighted by atomic mass is 10.0. The van der Waals surface area contributed by atoms with E-state index >= 15 is 0 Å². The lowest BCUT2D eigenvalue weighted by Crippen LogP contribution is -2.21. The van der Waals surface area contributed by atoms with Gasteiger partial charge in [0, 0.05) is 3.57 Å². The lowest BCUT2D eigenvalue weighted by molar-refractivity contribution is 0.632. The summed E-state index contributed by atoms with van der Waals surface area (Å²) < 4.78 is 1.28. The van der Waals surface area contributed by atoms with Crippen LogP contribution in [0.1, 0.15) is 24.1 Å². The van der Waals surface area contributed by atoms with Crippen molar-refractivity contribution in [1.82, 2.24) is 5.32 Å². The molecule has 0 radical (unpaired) electrons. The molecule has 2 aromatic rings. The molecule has 1 atom stereocenters. The van der Waals surface area contributed by atoms with Gasteiger partial charge >= 0.3 is 0 Å². The number of benzene rings is 1. The fourth-order valence-corrected chi connectivity index (χ4v) is 2.77. The molecule has 0 bridgehead atoms. The Labute approximate surface area is 114 Å². The smallest absolute Gasteiger partial charge is 0.0584 e. The standard InChI is InChI=1S/C13H14INS/c1-2-15-13(11-7-8-16-9-11)10-3-5-12(14)6-4-10/h3-9,13,15H,2H2,1H3. The Kier molecular flexibility index (Phi) is 4.37. The summed E-state index contributed by atoms with van der Waals surface area (Å²) in [6.45, 7) is 3.12. The van der Waals surface area contributed by atoms with Crippen LogP contribution in [0, 0.1) is 3.57 Å². The third-order valence-corrected chi connectivity index (χ3v) is 3.91. The van der Waals surface area contributed by atoms with Crippen molar-refractivity contribution in [2.75, 3.05) is 6.54 Å². The number of halogens is 1. The summed E-state index contributed by atoms with van der Waals surface area (Å²) in [5.74, 6) is 0. The summed E-state index contributed by atoms with van der Waals surface area (Å²) in [7, 11) is 0. The third kappa shape index (κ3) is 2.84. The highest BCUT2D eigenvalue weighted by atomic mass is 127. The molecule has 84 valence electrons. The first-order valence-corrected chi connectivity index (χ1v) is 7.34. The highest BCUT2D eigenvalue weighted by molar-refractivity contribution is 14.1. The molecule has 0 fully saturated rings. The van der Waals surface area contributed by atoms with E-state index in [0.29, 0.717) is 6.04 Å². The van der Waals surface area contributed by atoms with Gasteiger partial charge in [0.25, 0.3) is 0 Å². The maximum atomic E-state index is 3.52. The van der Waals surface area contributed by atoms with Gasteiger partial charge in [-0.3, -0.25) is 0 Å². The number of hydrogen-bond donors (Lipinski definition) is 1. The van der Waals surface area contributed by atoms with Crippen LogP contribution in [0.15, 0.2) is 41.1 Å². The molecule has 0 aliphatic carbocycles. The Balaban J connectivity index is 2.29. The van der Waals surface area contributed by atoms with Crippen molar-refractivity contribution in [2.24, 2.45) is 0 Å². The lowest BCUT2D eigenvalue weighted by Gasteiger charge is -2.17. The summed E-state index contributed by atoms with van der Waals surface area (Å²) in [5, 5.41) is 7.87. The van der Waals surface area contributed by atoms with Crippen molar-refractivity contribution >= 4 is 33.9 Å². The first-order chi connectivity index (χ1) is 7.81. The first kappa shape index (κ1) is 12.1. The molecular formula is C13H14INS. The van der Waals surface area contributed by atoms with Gasteiger partial charge in [-0.1, -0.05) is 19.1 Å². The Morgan fingerprint density at radius 3 is 2.50 bits per heavy atom. The van der Waals surface area contributed by atoms with Crippen molar-refractivity contribution in [2.45, 2.75) is 13.0 Å². The topological polar surface area (TPSA) is 12.0 Å². The number of rotatable bonds is 4. The van der Waals surface area contributed by atoms with Gasteiger partial charge in [0.05, 0.1) is 6.04 Å². The van der Waals surface area contributed by atoms with Crippen LogP contribution < -0.4 is 5.32 Å². The van der Waals surface area contributed by atoms with Gasteiger partial charge in [-0.15, -0.1) is 0 Å². The van der Waals surface area contributed by atoms with Crippen LogP contribution in [-0.4, -0.2) is 6.54 Å². The second-order valence-corrected chi connectivity index (χ2v) is 5.62. The summed E-state index contributed by atoms with van der Waals surface area (Å²) >= 11 is 4.09. The van der Waals surface area contributed by atoms with Crippen LogP contribution in [0.2, 0.25) is 0 Å². The van der Waals surface area contributed by atoms with Crippen molar-refractivity contribution < 1.29 is 0 Å². The summed E-state index contributed by atoms with van der Waals surface area (Å²) in [6, 6.07) is 11.2. The molecule has 1 nitrogen and oxygen atoms in total. The zero-order valence-corrected chi connectivity index (χ0v) is 12.1. The van der Waals surface area contributed by atoms with Gasteiger partial charge < -0.3 is 5.32 Å². The Morgan fingerprint density at radius 1 is 1.19 bits per heavy atom. The molecule has 3 heteroatoms. The monoisotopic (exact) mass is 343 g/mol. The van der Waals surface area contributed by atoms with Gasteiger partial charge in [-0.05, 0) is 69.2 Å². The van der Waals surface area contributed by atoms with E-state index in [1.807, 2.05) is 0 Å². The number of thiophene rings is 1. The number of nitrogens with one attached hydrogen (secondary N) is 1. The van der Waals surface area contributed by atoms with E-state index in [1.54, 1.807) is 11.3 Å². The molecule has 0 saturated carbocycles. The molecule has 0 spiro atoms. The van der Waals surface area contributed by atoms with Crippen molar-refractivity contribution in [3.63, 3.8) is 0 Å². The minimum absolute atomic E-state index is 0.327. The second-order valence-electron chi connectivity index (χ2n) is 3.60. The quantitative estimate of drug-likeness (QED) is 0.826. The van der Waals surface area contributed by atoms with E-state index in [9.17, 15) is 0 Å². The van der Waals surface area contributed by atoms with E-state index in [-0.39, 0.29) is 0 Å². The predicted molar refractivity (Wildman–Crippen MR) is 79.0 cm³/mol. The molecule has 1 N–H and O–H groups in total. The van der Waals surface area contributed by atoms with Crippen LogP contribution in [0.5, 0.6) is 0 Å². The predicted octanol–water partition coefficient (Wildman–Crippen LogP) is 4.05. The summed E-state index contributed by atoms with van der Waals surface area (Å²) in [6.07, 6.45) is 0. The normalized spacial score (nSPS) is 12.6. The van der Waals surface area contributed by atoms with E-state index in [0.717, 1.165) is 6.54 Å². The van der Waals surface area contributed by atoms with Crippen LogP contribution in [0.25, 0.3) is 0 Å². The highest BCUT2D eigenvalue weighted by Crippen LogP contribution is 2.24. The molecule has 0 saturated heterocycles. The van der Waals surface area contributed by atoms with E-state index in [1.165, 1.54) is 14.7 Å². The summed E-state index contributed by atoms with van der Waals surface area (Å²) in [5.41, 5.74) is 2.69. The molecule has 1 heterocycles.